The zero-order chi connectivity index (χ0) is 14.4. The predicted molar refractivity (Wildman–Crippen MR) is 89.4 cm³/mol. The fourth-order valence-electron chi connectivity index (χ4n) is 1.71. The van der Waals surface area contributed by atoms with Crippen molar-refractivity contribution in [2.24, 2.45) is 0 Å². The van der Waals surface area contributed by atoms with E-state index in [1.165, 1.54) is 17.3 Å². The van der Waals surface area contributed by atoms with E-state index >= 15 is 0 Å². The van der Waals surface area contributed by atoms with Crippen molar-refractivity contribution in [3.63, 3.8) is 0 Å². The molecule has 2 aromatic rings. The third-order valence-corrected chi connectivity index (χ3v) is 3.99. The van der Waals surface area contributed by atoms with E-state index in [4.69, 9.17) is 0 Å². The summed E-state index contributed by atoms with van der Waals surface area (Å²) in [5.41, 5.74) is 1.20. The molecule has 0 saturated carbocycles. The van der Waals surface area contributed by atoms with E-state index in [0.29, 0.717) is 0 Å². The van der Waals surface area contributed by atoms with E-state index in [9.17, 15) is 0 Å². The van der Waals surface area contributed by atoms with Crippen molar-refractivity contribution in [2.45, 2.75) is 18.6 Å². The van der Waals surface area contributed by atoms with Crippen LogP contribution in [0.1, 0.15) is 12.5 Å². The molecule has 0 saturated heterocycles. The SMILES string of the molecule is CCNc1cc(NCc2ccccc2Br)nc(SC)n1. The molecule has 2 N–H and O–H groups in total. The largest absolute Gasteiger partial charge is 0.370 e. The van der Waals surface area contributed by atoms with E-state index in [1.54, 1.807) is 0 Å². The van der Waals surface area contributed by atoms with Crippen LogP contribution < -0.4 is 10.6 Å². The maximum absolute atomic E-state index is 4.46. The van der Waals surface area contributed by atoms with Crippen LogP contribution in [0.2, 0.25) is 0 Å². The minimum Gasteiger partial charge on any atom is -0.370 e. The van der Waals surface area contributed by atoms with Gasteiger partial charge in [-0.2, -0.15) is 0 Å². The third kappa shape index (κ3) is 4.11. The van der Waals surface area contributed by atoms with Crippen molar-refractivity contribution < 1.29 is 0 Å². The molecule has 1 heterocycles. The van der Waals surface area contributed by atoms with E-state index in [1.807, 2.05) is 30.5 Å². The van der Waals surface area contributed by atoms with E-state index in [2.05, 4.69) is 49.5 Å². The van der Waals surface area contributed by atoms with Crippen LogP contribution in [0.15, 0.2) is 40.0 Å². The molecule has 0 atom stereocenters. The van der Waals surface area contributed by atoms with Gasteiger partial charge in [-0.1, -0.05) is 45.9 Å². The maximum atomic E-state index is 4.46. The summed E-state index contributed by atoms with van der Waals surface area (Å²) in [6.45, 7) is 3.61. The first-order chi connectivity index (χ1) is 9.72. The molecule has 2 rings (SSSR count). The van der Waals surface area contributed by atoms with Gasteiger partial charge < -0.3 is 10.6 Å². The van der Waals surface area contributed by atoms with Gasteiger partial charge in [0.2, 0.25) is 0 Å². The van der Waals surface area contributed by atoms with E-state index < -0.39 is 0 Å². The fourth-order valence-corrected chi connectivity index (χ4v) is 2.51. The number of anilines is 2. The first-order valence-corrected chi connectivity index (χ1v) is 8.39. The number of hydrogen-bond donors (Lipinski definition) is 2. The Morgan fingerprint density at radius 2 is 1.85 bits per heavy atom. The molecule has 0 aliphatic heterocycles. The average molecular weight is 353 g/mol. The molecule has 0 bridgehead atoms. The highest BCUT2D eigenvalue weighted by molar-refractivity contribution is 9.10. The smallest absolute Gasteiger partial charge is 0.191 e. The Hall–Kier alpha value is -1.27. The Bertz CT molecular complexity index is 577. The number of hydrogen-bond acceptors (Lipinski definition) is 5. The Morgan fingerprint density at radius 1 is 1.15 bits per heavy atom. The molecule has 0 amide bonds. The normalized spacial score (nSPS) is 10.3. The molecule has 0 aliphatic carbocycles. The quantitative estimate of drug-likeness (QED) is 0.607. The molecule has 1 aromatic carbocycles. The van der Waals surface area contributed by atoms with Gasteiger partial charge in [-0.15, -0.1) is 0 Å². The van der Waals surface area contributed by atoms with Crippen LogP contribution in [0, 0.1) is 0 Å². The number of nitrogens with zero attached hydrogens (tertiary/aromatic N) is 2. The molecular formula is C14H17BrN4S. The van der Waals surface area contributed by atoms with Gasteiger partial charge in [0.1, 0.15) is 11.6 Å². The first-order valence-electron chi connectivity index (χ1n) is 6.37. The monoisotopic (exact) mass is 352 g/mol. The number of benzene rings is 1. The highest BCUT2D eigenvalue weighted by atomic mass is 79.9. The van der Waals surface area contributed by atoms with Crippen LogP contribution in [0.4, 0.5) is 11.6 Å². The van der Waals surface area contributed by atoms with Gasteiger partial charge in [-0.25, -0.2) is 9.97 Å². The lowest BCUT2D eigenvalue weighted by Crippen LogP contribution is -2.06. The standard InChI is InChI=1S/C14H17BrN4S/c1-3-16-12-8-13(19-14(18-12)20-2)17-9-10-6-4-5-7-11(10)15/h4-8H,3,9H2,1-2H3,(H2,16,17,18,19). The second-order valence-corrected chi connectivity index (χ2v) is 5.73. The molecule has 0 unspecified atom stereocenters. The van der Waals surface area contributed by atoms with Gasteiger partial charge in [-0.05, 0) is 24.8 Å². The zero-order valence-electron chi connectivity index (χ0n) is 11.5. The van der Waals surface area contributed by atoms with Gasteiger partial charge in [0.15, 0.2) is 5.16 Å². The lowest BCUT2D eigenvalue weighted by molar-refractivity contribution is 0.949. The highest BCUT2D eigenvalue weighted by Gasteiger charge is 2.04. The second-order valence-electron chi connectivity index (χ2n) is 4.10. The van der Waals surface area contributed by atoms with Crippen molar-refractivity contribution in [1.82, 2.24) is 9.97 Å². The third-order valence-electron chi connectivity index (χ3n) is 2.66. The molecule has 20 heavy (non-hydrogen) atoms. The van der Waals surface area contributed by atoms with E-state index in [-0.39, 0.29) is 0 Å². The predicted octanol–water partition coefficient (Wildman–Crippen LogP) is 4.00. The summed E-state index contributed by atoms with van der Waals surface area (Å²) >= 11 is 5.08. The molecule has 0 fully saturated rings. The number of rotatable bonds is 6. The van der Waals surface area contributed by atoms with Crippen LogP contribution in [0.3, 0.4) is 0 Å². The van der Waals surface area contributed by atoms with E-state index in [0.717, 1.165) is 34.4 Å². The Morgan fingerprint density at radius 3 is 2.50 bits per heavy atom. The zero-order valence-corrected chi connectivity index (χ0v) is 13.9. The molecule has 0 spiro atoms. The fraction of sp³-hybridized carbons (Fsp3) is 0.286. The summed E-state index contributed by atoms with van der Waals surface area (Å²) < 4.78 is 1.10. The summed E-state index contributed by atoms with van der Waals surface area (Å²) in [6, 6.07) is 10.1. The lowest BCUT2D eigenvalue weighted by atomic mass is 10.2. The summed E-state index contributed by atoms with van der Waals surface area (Å²) in [7, 11) is 0. The van der Waals surface area contributed by atoms with Gasteiger partial charge in [-0.3, -0.25) is 0 Å². The lowest BCUT2D eigenvalue weighted by Gasteiger charge is -2.10. The molecule has 1 aromatic heterocycles. The van der Waals surface area contributed by atoms with Crippen LogP contribution in [0.5, 0.6) is 0 Å². The minimum absolute atomic E-state index is 0.720. The Kier molecular flexibility index (Phi) is 5.67. The molecule has 106 valence electrons. The number of nitrogens with one attached hydrogen (secondary N) is 2. The van der Waals surface area contributed by atoms with Crippen molar-refractivity contribution in [3.8, 4) is 0 Å². The molecule has 0 aliphatic rings. The number of aromatic nitrogens is 2. The van der Waals surface area contributed by atoms with Gasteiger partial charge in [0, 0.05) is 23.6 Å². The topological polar surface area (TPSA) is 49.8 Å². The number of thioether (sulfide) groups is 1. The van der Waals surface area contributed by atoms with Crippen LogP contribution >= 0.6 is 27.7 Å². The number of halogens is 1. The minimum atomic E-state index is 0.720. The molecule has 6 heteroatoms. The van der Waals surface area contributed by atoms with Gasteiger partial charge in [0.05, 0.1) is 0 Å². The summed E-state index contributed by atoms with van der Waals surface area (Å²) in [5, 5.41) is 7.32. The van der Waals surface area contributed by atoms with Gasteiger partial charge >= 0.3 is 0 Å². The van der Waals surface area contributed by atoms with Crippen molar-refractivity contribution in [2.75, 3.05) is 23.4 Å². The summed E-state index contributed by atoms with van der Waals surface area (Å²) in [6.07, 6.45) is 1.97. The maximum Gasteiger partial charge on any atom is 0.191 e. The first kappa shape index (κ1) is 15.1. The van der Waals surface area contributed by atoms with Crippen LogP contribution in [-0.2, 0) is 6.54 Å². The van der Waals surface area contributed by atoms with Crippen molar-refractivity contribution in [1.29, 1.82) is 0 Å². The van der Waals surface area contributed by atoms with Gasteiger partial charge in [0.25, 0.3) is 0 Å². The van der Waals surface area contributed by atoms with Crippen molar-refractivity contribution in [3.05, 3.63) is 40.4 Å². The summed E-state index contributed by atoms with van der Waals surface area (Å²) in [4.78, 5) is 8.87. The summed E-state index contributed by atoms with van der Waals surface area (Å²) in [5.74, 6) is 1.68. The average Bonchev–Trinajstić information content (AvgIpc) is 2.46. The Labute approximate surface area is 131 Å². The van der Waals surface area contributed by atoms with Crippen LogP contribution in [-0.4, -0.2) is 22.8 Å². The second kappa shape index (κ2) is 7.50. The molecule has 0 radical (unpaired) electrons. The van der Waals surface area contributed by atoms with Crippen LogP contribution in [0.25, 0.3) is 0 Å². The molecular weight excluding hydrogens is 336 g/mol. The Balaban J connectivity index is 2.12. The van der Waals surface area contributed by atoms with Crippen molar-refractivity contribution >= 4 is 39.3 Å². The molecule has 4 nitrogen and oxygen atoms in total. The highest BCUT2D eigenvalue weighted by Crippen LogP contribution is 2.20.